The summed E-state index contributed by atoms with van der Waals surface area (Å²) in [6, 6.07) is 7.90. The first-order valence-electron chi connectivity index (χ1n) is 5.64. The Hall–Kier alpha value is -2.01. The van der Waals surface area contributed by atoms with Crippen LogP contribution in [-0.2, 0) is 0 Å². The average Bonchev–Trinajstić information content (AvgIpc) is 2.95. The van der Waals surface area contributed by atoms with Crippen molar-refractivity contribution < 1.29 is 4.42 Å². The first-order valence-corrected chi connectivity index (χ1v) is 6.58. The summed E-state index contributed by atoms with van der Waals surface area (Å²) in [6.45, 7) is 2.10. The maximum atomic E-state index is 11.1. The molecule has 92 valence electrons. The van der Waals surface area contributed by atoms with E-state index in [1.807, 2.05) is 12.1 Å². The van der Waals surface area contributed by atoms with Crippen LogP contribution in [0.25, 0.3) is 11.1 Å². The molecule has 0 saturated carbocycles. The third kappa shape index (κ3) is 2.04. The predicted octanol–water partition coefficient (Wildman–Crippen LogP) is 3.36. The van der Waals surface area contributed by atoms with Gasteiger partial charge in [0.1, 0.15) is 0 Å². The third-order valence-corrected chi connectivity index (χ3v) is 3.55. The fourth-order valence-corrected chi connectivity index (χ4v) is 2.65. The van der Waals surface area contributed by atoms with E-state index in [9.17, 15) is 4.79 Å². The van der Waals surface area contributed by atoms with Gasteiger partial charge in [-0.3, -0.25) is 4.98 Å². The van der Waals surface area contributed by atoms with E-state index in [2.05, 4.69) is 34.1 Å². The van der Waals surface area contributed by atoms with Gasteiger partial charge in [-0.1, -0.05) is 0 Å². The third-order valence-electron chi connectivity index (χ3n) is 2.85. The second-order valence-electron chi connectivity index (χ2n) is 4.15. The molecular formula is C13H12N2O2S. The highest BCUT2D eigenvalue weighted by Crippen LogP contribution is 2.23. The van der Waals surface area contributed by atoms with Crippen LogP contribution in [0.15, 0.2) is 44.2 Å². The van der Waals surface area contributed by atoms with Crippen LogP contribution >= 0.6 is 11.3 Å². The molecule has 2 aromatic heterocycles. The van der Waals surface area contributed by atoms with E-state index in [4.69, 9.17) is 4.42 Å². The van der Waals surface area contributed by atoms with Gasteiger partial charge in [-0.05, 0) is 47.5 Å². The molecule has 0 saturated heterocycles. The van der Waals surface area contributed by atoms with Gasteiger partial charge in [0.05, 0.1) is 5.52 Å². The van der Waals surface area contributed by atoms with E-state index in [1.54, 1.807) is 17.4 Å². The lowest BCUT2D eigenvalue weighted by atomic mass is 10.1. The van der Waals surface area contributed by atoms with Crippen LogP contribution in [-0.4, -0.2) is 4.98 Å². The summed E-state index contributed by atoms with van der Waals surface area (Å²) in [5.41, 5.74) is 3.50. The molecule has 0 spiro atoms. The zero-order valence-electron chi connectivity index (χ0n) is 9.77. The maximum Gasteiger partial charge on any atom is 0.417 e. The van der Waals surface area contributed by atoms with E-state index in [-0.39, 0.29) is 6.04 Å². The molecule has 0 aliphatic carbocycles. The molecule has 18 heavy (non-hydrogen) atoms. The number of anilines is 1. The minimum atomic E-state index is -0.423. The van der Waals surface area contributed by atoms with Gasteiger partial charge in [0.2, 0.25) is 0 Å². The highest BCUT2D eigenvalue weighted by Gasteiger charge is 2.07. The van der Waals surface area contributed by atoms with Gasteiger partial charge in [0.15, 0.2) is 5.58 Å². The molecule has 3 aromatic rings. The Balaban J connectivity index is 1.88. The number of hydrogen-bond donors (Lipinski definition) is 2. The Labute approximate surface area is 107 Å². The number of nitrogens with one attached hydrogen (secondary N) is 2. The predicted molar refractivity (Wildman–Crippen MR) is 73.2 cm³/mol. The molecule has 3 rings (SSSR count). The minimum Gasteiger partial charge on any atom is -0.408 e. The second kappa shape index (κ2) is 4.34. The fraction of sp³-hybridized carbons (Fsp3) is 0.154. The van der Waals surface area contributed by atoms with Crippen molar-refractivity contribution in [3.05, 3.63) is 51.1 Å². The van der Waals surface area contributed by atoms with Crippen molar-refractivity contribution in [2.75, 3.05) is 5.32 Å². The molecule has 0 aliphatic rings. The van der Waals surface area contributed by atoms with Gasteiger partial charge in [0.25, 0.3) is 0 Å². The standard InChI is InChI=1S/C13H12N2O2S/c1-8(9-4-5-18-7-9)14-10-2-3-12-11(6-10)15-13(16)17-12/h2-8,14H,1H3,(H,15,16). The van der Waals surface area contributed by atoms with Gasteiger partial charge >= 0.3 is 5.76 Å². The molecule has 0 bridgehead atoms. The quantitative estimate of drug-likeness (QED) is 0.759. The topological polar surface area (TPSA) is 58.0 Å². The number of aromatic nitrogens is 1. The number of thiophene rings is 1. The molecule has 1 atom stereocenters. The SMILES string of the molecule is CC(Nc1ccc2oc(=O)[nH]c2c1)c1ccsc1. The zero-order chi connectivity index (χ0) is 12.5. The Morgan fingerprint density at radius 2 is 2.28 bits per heavy atom. The van der Waals surface area contributed by atoms with Crippen molar-refractivity contribution in [1.82, 2.24) is 4.98 Å². The maximum absolute atomic E-state index is 11.1. The van der Waals surface area contributed by atoms with Gasteiger partial charge in [-0.15, -0.1) is 0 Å². The lowest BCUT2D eigenvalue weighted by molar-refractivity contribution is 0.555. The Morgan fingerprint density at radius 3 is 3.06 bits per heavy atom. The van der Waals surface area contributed by atoms with E-state index >= 15 is 0 Å². The average molecular weight is 260 g/mol. The van der Waals surface area contributed by atoms with Crippen LogP contribution in [0.3, 0.4) is 0 Å². The molecule has 4 nitrogen and oxygen atoms in total. The van der Waals surface area contributed by atoms with Crippen LogP contribution < -0.4 is 11.1 Å². The van der Waals surface area contributed by atoms with Crippen LogP contribution in [0.5, 0.6) is 0 Å². The molecule has 1 aromatic carbocycles. The Bertz CT molecular complexity index is 712. The van der Waals surface area contributed by atoms with Crippen molar-refractivity contribution in [1.29, 1.82) is 0 Å². The van der Waals surface area contributed by atoms with Crippen molar-refractivity contribution in [3.8, 4) is 0 Å². The van der Waals surface area contributed by atoms with E-state index in [0.717, 1.165) is 5.69 Å². The number of oxazole rings is 1. The molecule has 2 heterocycles. The number of benzene rings is 1. The summed E-state index contributed by atoms with van der Waals surface area (Å²) in [6.07, 6.45) is 0. The molecule has 1 unspecified atom stereocenters. The van der Waals surface area contributed by atoms with Crippen molar-refractivity contribution in [2.24, 2.45) is 0 Å². The lowest BCUT2D eigenvalue weighted by Crippen LogP contribution is -2.05. The molecule has 0 aliphatic heterocycles. The van der Waals surface area contributed by atoms with Crippen molar-refractivity contribution in [3.63, 3.8) is 0 Å². The number of H-pyrrole nitrogens is 1. The molecule has 2 N–H and O–H groups in total. The van der Waals surface area contributed by atoms with E-state index in [0.29, 0.717) is 11.1 Å². The molecular weight excluding hydrogens is 248 g/mol. The monoisotopic (exact) mass is 260 g/mol. The van der Waals surface area contributed by atoms with Gasteiger partial charge in [-0.25, -0.2) is 4.79 Å². The van der Waals surface area contributed by atoms with Crippen LogP contribution in [0, 0.1) is 0 Å². The fourth-order valence-electron chi connectivity index (χ4n) is 1.90. The van der Waals surface area contributed by atoms with Crippen LogP contribution in [0.4, 0.5) is 5.69 Å². The highest BCUT2D eigenvalue weighted by atomic mass is 32.1. The second-order valence-corrected chi connectivity index (χ2v) is 4.93. The van der Waals surface area contributed by atoms with E-state index in [1.165, 1.54) is 5.56 Å². The summed E-state index contributed by atoms with van der Waals surface area (Å²) in [7, 11) is 0. The van der Waals surface area contributed by atoms with Crippen LogP contribution in [0.2, 0.25) is 0 Å². The highest BCUT2D eigenvalue weighted by molar-refractivity contribution is 7.07. The zero-order valence-corrected chi connectivity index (χ0v) is 10.6. The Morgan fingerprint density at radius 1 is 1.39 bits per heavy atom. The normalized spacial score (nSPS) is 12.7. The number of fused-ring (bicyclic) bond motifs is 1. The van der Waals surface area contributed by atoms with Gasteiger partial charge in [-0.2, -0.15) is 11.3 Å². The molecule has 0 radical (unpaired) electrons. The number of aromatic amines is 1. The first-order chi connectivity index (χ1) is 8.72. The largest absolute Gasteiger partial charge is 0.417 e. The van der Waals surface area contributed by atoms with Gasteiger partial charge in [0, 0.05) is 11.7 Å². The smallest absolute Gasteiger partial charge is 0.408 e. The molecule has 0 amide bonds. The molecule has 0 fully saturated rings. The van der Waals surface area contributed by atoms with Crippen molar-refractivity contribution in [2.45, 2.75) is 13.0 Å². The van der Waals surface area contributed by atoms with Crippen molar-refractivity contribution >= 4 is 28.1 Å². The first kappa shape index (κ1) is 11.1. The number of rotatable bonds is 3. The summed E-state index contributed by atoms with van der Waals surface area (Å²) < 4.78 is 4.96. The summed E-state index contributed by atoms with van der Waals surface area (Å²) >= 11 is 1.68. The number of hydrogen-bond acceptors (Lipinski definition) is 4. The Kier molecular flexibility index (Phi) is 2.68. The summed E-state index contributed by atoms with van der Waals surface area (Å²) in [5, 5.41) is 7.57. The van der Waals surface area contributed by atoms with Crippen LogP contribution in [0.1, 0.15) is 18.5 Å². The van der Waals surface area contributed by atoms with Gasteiger partial charge < -0.3 is 9.73 Å². The minimum absolute atomic E-state index is 0.229. The lowest BCUT2D eigenvalue weighted by Gasteiger charge is -2.13. The summed E-state index contributed by atoms with van der Waals surface area (Å²) in [5.74, 6) is -0.423. The van der Waals surface area contributed by atoms with E-state index < -0.39 is 5.76 Å². The summed E-state index contributed by atoms with van der Waals surface area (Å²) in [4.78, 5) is 13.7. The molecule has 5 heteroatoms.